The van der Waals surface area contributed by atoms with Crippen molar-refractivity contribution >= 4 is 55.5 Å². The van der Waals surface area contributed by atoms with Crippen LogP contribution in [0.25, 0.3) is 21.8 Å². The second-order valence-corrected chi connectivity index (χ2v) is 9.48. The summed E-state index contributed by atoms with van der Waals surface area (Å²) in [5.74, 6) is -1.46. The molecule has 1 aliphatic heterocycles. The van der Waals surface area contributed by atoms with Gasteiger partial charge in [0.25, 0.3) is 0 Å². The van der Waals surface area contributed by atoms with E-state index in [-0.39, 0.29) is 28.6 Å². The fraction of sp³-hybridized carbons (Fsp3) is 0.280. The summed E-state index contributed by atoms with van der Waals surface area (Å²) in [6.45, 7) is 0.609. The van der Waals surface area contributed by atoms with Crippen molar-refractivity contribution in [2.45, 2.75) is 25.5 Å². The standard InChI is InChI=1S/C25H22BrF2N5O2/c1-32(2)13-30-22-16-9-14(27)11-29-23(16)19(26)10-17(22)25(34)15-6-7-20(28)24-18(15)12-33(31-24)21-5-3-4-8-35-21/h6-7,9-13,21H,3-5,8H2,1-2H3. The average Bonchev–Trinajstić information content (AvgIpc) is 3.30. The van der Waals surface area contributed by atoms with Gasteiger partial charge in [-0.2, -0.15) is 5.10 Å². The molecule has 180 valence electrons. The first-order chi connectivity index (χ1) is 16.8. The minimum absolute atomic E-state index is 0.0935. The van der Waals surface area contributed by atoms with Gasteiger partial charge in [-0.15, -0.1) is 0 Å². The quantitative estimate of drug-likeness (QED) is 0.182. The predicted octanol–water partition coefficient (Wildman–Crippen LogP) is 5.78. The highest BCUT2D eigenvalue weighted by molar-refractivity contribution is 9.10. The van der Waals surface area contributed by atoms with Gasteiger partial charge < -0.3 is 9.64 Å². The first-order valence-electron chi connectivity index (χ1n) is 11.2. The van der Waals surface area contributed by atoms with Crippen molar-refractivity contribution in [1.29, 1.82) is 0 Å². The van der Waals surface area contributed by atoms with E-state index in [0.717, 1.165) is 25.5 Å². The fourth-order valence-corrected chi connectivity index (χ4v) is 4.76. The molecule has 1 fully saturated rings. The van der Waals surface area contributed by atoms with E-state index in [9.17, 15) is 13.6 Å². The number of fused-ring (bicyclic) bond motifs is 2. The van der Waals surface area contributed by atoms with Gasteiger partial charge in [0.1, 0.15) is 17.6 Å². The van der Waals surface area contributed by atoms with Crippen molar-refractivity contribution < 1.29 is 18.3 Å². The largest absolute Gasteiger partial charge is 0.369 e. The summed E-state index contributed by atoms with van der Waals surface area (Å²) in [5, 5.41) is 5.15. The van der Waals surface area contributed by atoms with Crippen LogP contribution in [0.3, 0.4) is 0 Å². The van der Waals surface area contributed by atoms with E-state index in [4.69, 9.17) is 4.74 Å². The number of aromatic nitrogens is 3. The predicted molar refractivity (Wildman–Crippen MR) is 133 cm³/mol. The van der Waals surface area contributed by atoms with Gasteiger partial charge in [0.15, 0.2) is 11.6 Å². The summed E-state index contributed by atoms with van der Waals surface area (Å²) in [5.41, 5.74) is 1.33. The summed E-state index contributed by atoms with van der Waals surface area (Å²) in [4.78, 5) is 24.2. The minimum atomic E-state index is -0.548. The molecule has 0 bridgehead atoms. The van der Waals surface area contributed by atoms with E-state index in [1.807, 2.05) is 0 Å². The smallest absolute Gasteiger partial charge is 0.196 e. The summed E-state index contributed by atoms with van der Waals surface area (Å²) >= 11 is 3.45. The van der Waals surface area contributed by atoms with E-state index in [1.54, 1.807) is 35.9 Å². The first-order valence-corrected chi connectivity index (χ1v) is 11.9. The molecule has 1 unspecified atom stereocenters. The Kier molecular flexibility index (Phi) is 6.33. The lowest BCUT2D eigenvalue weighted by Crippen LogP contribution is -2.18. The molecule has 0 N–H and O–H groups in total. The highest BCUT2D eigenvalue weighted by atomic mass is 79.9. The van der Waals surface area contributed by atoms with Gasteiger partial charge in [-0.25, -0.2) is 18.5 Å². The second-order valence-electron chi connectivity index (χ2n) is 8.63. The van der Waals surface area contributed by atoms with Crippen LogP contribution in [0.1, 0.15) is 41.4 Å². The molecule has 5 rings (SSSR count). The lowest BCUT2D eigenvalue weighted by Gasteiger charge is -2.22. The molecule has 7 nitrogen and oxygen atoms in total. The van der Waals surface area contributed by atoms with E-state index in [1.165, 1.54) is 24.5 Å². The zero-order chi connectivity index (χ0) is 24.7. The van der Waals surface area contributed by atoms with Crippen LogP contribution in [-0.4, -0.2) is 52.5 Å². The van der Waals surface area contributed by atoms with Crippen LogP contribution < -0.4 is 0 Å². The van der Waals surface area contributed by atoms with Crippen molar-refractivity contribution in [2.24, 2.45) is 4.99 Å². The first kappa shape index (κ1) is 23.5. The van der Waals surface area contributed by atoms with E-state index >= 15 is 0 Å². The van der Waals surface area contributed by atoms with Crippen molar-refractivity contribution in [1.82, 2.24) is 19.7 Å². The molecule has 0 spiro atoms. The molecule has 0 aliphatic carbocycles. The zero-order valence-corrected chi connectivity index (χ0v) is 20.7. The molecule has 1 saturated heterocycles. The van der Waals surface area contributed by atoms with Crippen LogP contribution in [0.4, 0.5) is 14.5 Å². The molecule has 1 aliphatic rings. The molecule has 10 heteroatoms. The summed E-state index contributed by atoms with van der Waals surface area (Å²) in [6, 6.07) is 5.58. The van der Waals surface area contributed by atoms with Gasteiger partial charge in [-0.3, -0.25) is 9.78 Å². The van der Waals surface area contributed by atoms with Crippen LogP contribution in [0.5, 0.6) is 0 Å². The summed E-state index contributed by atoms with van der Waals surface area (Å²) < 4.78 is 36.7. The lowest BCUT2D eigenvalue weighted by atomic mass is 9.97. The van der Waals surface area contributed by atoms with Gasteiger partial charge in [0, 0.05) is 47.7 Å². The maximum atomic E-state index is 14.7. The average molecular weight is 542 g/mol. The van der Waals surface area contributed by atoms with Crippen molar-refractivity contribution in [3.05, 3.63) is 63.9 Å². The van der Waals surface area contributed by atoms with Crippen molar-refractivity contribution in [3.63, 3.8) is 0 Å². The lowest BCUT2D eigenvalue weighted by molar-refractivity contribution is -0.0391. The Morgan fingerprint density at radius 3 is 2.77 bits per heavy atom. The third kappa shape index (κ3) is 4.43. The Morgan fingerprint density at radius 2 is 2.03 bits per heavy atom. The zero-order valence-electron chi connectivity index (χ0n) is 19.1. The van der Waals surface area contributed by atoms with Crippen LogP contribution in [-0.2, 0) is 4.74 Å². The Balaban J connectivity index is 1.70. The van der Waals surface area contributed by atoms with Gasteiger partial charge in [-0.05, 0) is 59.5 Å². The van der Waals surface area contributed by atoms with Gasteiger partial charge in [0.05, 0.1) is 29.3 Å². The summed E-state index contributed by atoms with van der Waals surface area (Å²) in [7, 11) is 3.58. The number of carbonyl (C=O) groups is 1. The number of nitrogens with zero attached hydrogens (tertiary/aromatic N) is 5. The van der Waals surface area contributed by atoms with Crippen LogP contribution in [0.15, 0.2) is 46.1 Å². The van der Waals surface area contributed by atoms with Gasteiger partial charge >= 0.3 is 0 Å². The number of rotatable bonds is 5. The molecular weight excluding hydrogens is 520 g/mol. The molecule has 2 aromatic carbocycles. The second kappa shape index (κ2) is 9.43. The third-order valence-electron chi connectivity index (χ3n) is 5.86. The summed E-state index contributed by atoms with van der Waals surface area (Å²) in [6.07, 6.45) is 6.71. The molecule has 1 atom stereocenters. The van der Waals surface area contributed by atoms with Crippen molar-refractivity contribution in [2.75, 3.05) is 20.7 Å². The number of hydrogen-bond donors (Lipinski definition) is 0. The number of ether oxygens (including phenoxy) is 1. The van der Waals surface area contributed by atoms with E-state index in [0.29, 0.717) is 27.4 Å². The number of ketones is 1. The van der Waals surface area contributed by atoms with Gasteiger partial charge in [0.2, 0.25) is 0 Å². The molecule has 0 amide bonds. The maximum Gasteiger partial charge on any atom is 0.196 e. The van der Waals surface area contributed by atoms with Gasteiger partial charge in [-0.1, -0.05) is 0 Å². The van der Waals surface area contributed by atoms with Crippen LogP contribution in [0.2, 0.25) is 0 Å². The monoisotopic (exact) mass is 541 g/mol. The topological polar surface area (TPSA) is 72.6 Å². The number of pyridine rings is 1. The van der Waals surface area contributed by atoms with E-state index in [2.05, 4.69) is 31.0 Å². The van der Waals surface area contributed by atoms with Crippen molar-refractivity contribution in [3.8, 4) is 0 Å². The molecule has 4 aromatic rings. The highest BCUT2D eigenvalue weighted by Crippen LogP contribution is 2.37. The Labute approximate surface area is 208 Å². The fourth-order valence-electron chi connectivity index (χ4n) is 4.22. The number of benzene rings is 2. The number of hydrogen-bond acceptors (Lipinski definition) is 5. The number of aliphatic imine (C=N–C) groups is 1. The molecule has 35 heavy (non-hydrogen) atoms. The molecule has 3 heterocycles. The molecule has 0 saturated carbocycles. The highest BCUT2D eigenvalue weighted by Gasteiger charge is 2.25. The maximum absolute atomic E-state index is 14.7. The molecular formula is C25H22BrF2N5O2. The Bertz CT molecular complexity index is 1480. The molecule has 2 aromatic heterocycles. The normalized spacial score (nSPS) is 16.4. The van der Waals surface area contributed by atoms with Crippen LogP contribution in [0, 0.1) is 11.6 Å². The number of halogens is 3. The number of carbonyl (C=O) groups excluding carboxylic acids is 1. The third-order valence-corrected chi connectivity index (χ3v) is 6.47. The Morgan fingerprint density at radius 1 is 1.20 bits per heavy atom. The minimum Gasteiger partial charge on any atom is -0.369 e. The Hall–Kier alpha value is -3.24. The van der Waals surface area contributed by atoms with Crippen LogP contribution >= 0.6 is 15.9 Å². The molecule has 0 radical (unpaired) electrons. The van der Waals surface area contributed by atoms with E-state index < -0.39 is 17.4 Å². The SMILES string of the molecule is CN(C)C=Nc1c(C(=O)c2ccc(F)c3nn(C4CCCCO4)cc23)cc(Br)c2ncc(F)cc12.